The predicted molar refractivity (Wildman–Crippen MR) is 76.7 cm³/mol. The summed E-state index contributed by atoms with van der Waals surface area (Å²) in [6.07, 6.45) is 2.22. The van der Waals surface area contributed by atoms with Crippen LogP contribution < -0.4 is 0 Å². The molecule has 0 spiro atoms. The molecule has 1 aromatic carbocycles. The van der Waals surface area contributed by atoms with Gasteiger partial charge in [0.05, 0.1) is 17.4 Å². The lowest BCUT2D eigenvalue weighted by molar-refractivity contribution is -0.136. The van der Waals surface area contributed by atoms with Gasteiger partial charge in [0, 0.05) is 18.2 Å². The zero-order valence-electron chi connectivity index (χ0n) is 11.7. The highest BCUT2D eigenvalue weighted by molar-refractivity contribution is 7.91. The maximum Gasteiger partial charge on any atom is 0.227 e. The fourth-order valence-corrected chi connectivity index (χ4v) is 4.54. The zero-order chi connectivity index (χ0) is 15.0. The second kappa shape index (κ2) is 5.40. The number of benzene rings is 1. The molecule has 0 bridgehead atoms. The summed E-state index contributed by atoms with van der Waals surface area (Å²) in [4.78, 5) is 14.2. The smallest absolute Gasteiger partial charge is 0.227 e. The molecule has 1 aliphatic carbocycles. The Balaban J connectivity index is 1.76. The summed E-state index contributed by atoms with van der Waals surface area (Å²) in [7, 11) is -3.08. The van der Waals surface area contributed by atoms with Crippen molar-refractivity contribution in [2.45, 2.75) is 31.8 Å². The van der Waals surface area contributed by atoms with Crippen molar-refractivity contribution in [3.05, 3.63) is 35.6 Å². The first kappa shape index (κ1) is 14.5. The van der Waals surface area contributed by atoms with Gasteiger partial charge in [0.15, 0.2) is 9.84 Å². The first-order valence-corrected chi connectivity index (χ1v) is 9.03. The van der Waals surface area contributed by atoms with Crippen LogP contribution >= 0.6 is 0 Å². The summed E-state index contributed by atoms with van der Waals surface area (Å²) in [5.74, 6) is -0.896. The van der Waals surface area contributed by atoms with Gasteiger partial charge in [-0.25, -0.2) is 12.8 Å². The van der Waals surface area contributed by atoms with Crippen molar-refractivity contribution in [1.82, 2.24) is 4.90 Å². The SMILES string of the molecule is O=C(C1CCS(=O)(=O)C1)N(Cc1ccccc1F)C1CC1. The Hall–Kier alpha value is -1.43. The van der Waals surface area contributed by atoms with Crippen molar-refractivity contribution in [2.75, 3.05) is 11.5 Å². The van der Waals surface area contributed by atoms with E-state index < -0.39 is 15.8 Å². The Bertz CT molecular complexity index is 655. The Morgan fingerprint density at radius 1 is 1.24 bits per heavy atom. The predicted octanol–water partition coefficient (Wildman–Crippen LogP) is 1.75. The lowest BCUT2D eigenvalue weighted by atomic mass is 10.1. The molecule has 0 radical (unpaired) electrons. The Kier molecular flexibility index (Phi) is 3.73. The third kappa shape index (κ3) is 3.26. The highest BCUT2D eigenvalue weighted by Crippen LogP contribution is 2.32. The van der Waals surface area contributed by atoms with Crippen LogP contribution in [-0.2, 0) is 21.2 Å². The van der Waals surface area contributed by atoms with E-state index in [4.69, 9.17) is 0 Å². The molecular formula is C15H18FNO3S. The normalized spacial score (nSPS) is 24.0. The van der Waals surface area contributed by atoms with E-state index in [0.717, 1.165) is 12.8 Å². The van der Waals surface area contributed by atoms with Crippen LogP contribution in [-0.4, -0.2) is 36.8 Å². The molecule has 1 heterocycles. The highest BCUT2D eigenvalue weighted by Gasteiger charge is 2.40. The summed E-state index contributed by atoms with van der Waals surface area (Å²) in [5.41, 5.74) is 0.485. The quantitative estimate of drug-likeness (QED) is 0.851. The average molecular weight is 311 g/mol. The van der Waals surface area contributed by atoms with Crippen LogP contribution in [0.25, 0.3) is 0 Å². The van der Waals surface area contributed by atoms with Crippen molar-refractivity contribution >= 4 is 15.7 Å². The summed E-state index contributed by atoms with van der Waals surface area (Å²) >= 11 is 0. The maximum absolute atomic E-state index is 13.8. The minimum Gasteiger partial charge on any atom is -0.335 e. The molecule has 2 fully saturated rings. The van der Waals surface area contributed by atoms with Crippen molar-refractivity contribution < 1.29 is 17.6 Å². The molecule has 114 valence electrons. The number of carbonyl (C=O) groups is 1. The molecule has 4 nitrogen and oxygen atoms in total. The summed E-state index contributed by atoms with van der Waals surface area (Å²) in [6, 6.07) is 6.55. The molecule has 0 N–H and O–H groups in total. The van der Waals surface area contributed by atoms with E-state index in [0.29, 0.717) is 12.0 Å². The highest BCUT2D eigenvalue weighted by atomic mass is 32.2. The number of sulfone groups is 1. The second-order valence-corrected chi connectivity index (χ2v) is 8.12. The molecule has 1 saturated heterocycles. The first-order valence-electron chi connectivity index (χ1n) is 7.20. The molecule has 1 unspecified atom stereocenters. The van der Waals surface area contributed by atoms with Crippen LogP contribution in [0.1, 0.15) is 24.8 Å². The molecule has 0 aromatic heterocycles. The van der Waals surface area contributed by atoms with Crippen LogP contribution in [0.3, 0.4) is 0 Å². The summed E-state index contributed by atoms with van der Waals surface area (Å²) in [6.45, 7) is 0.229. The van der Waals surface area contributed by atoms with Gasteiger partial charge in [0.25, 0.3) is 0 Å². The number of carbonyl (C=O) groups excluding carboxylic acids is 1. The monoisotopic (exact) mass is 311 g/mol. The summed E-state index contributed by atoms with van der Waals surface area (Å²) < 4.78 is 36.8. The van der Waals surface area contributed by atoms with Gasteiger partial charge in [-0.1, -0.05) is 18.2 Å². The van der Waals surface area contributed by atoms with Crippen LogP contribution in [0, 0.1) is 11.7 Å². The van der Waals surface area contributed by atoms with Crippen LogP contribution in [0.5, 0.6) is 0 Å². The van der Waals surface area contributed by atoms with Crippen LogP contribution in [0.2, 0.25) is 0 Å². The number of rotatable bonds is 4. The molecule has 1 atom stereocenters. The van der Waals surface area contributed by atoms with Crippen molar-refractivity contribution in [2.24, 2.45) is 5.92 Å². The molecule has 1 saturated carbocycles. The van der Waals surface area contributed by atoms with E-state index in [1.807, 2.05) is 0 Å². The van der Waals surface area contributed by atoms with Gasteiger partial charge in [-0.3, -0.25) is 4.79 Å². The van der Waals surface area contributed by atoms with Gasteiger partial charge >= 0.3 is 0 Å². The molecule has 1 aromatic rings. The summed E-state index contributed by atoms with van der Waals surface area (Å²) in [5, 5.41) is 0. The van der Waals surface area contributed by atoms with E-state index in [1.165, 1.54) is 6.07 Å². The average Bonchev–Trinajstić information content (AvgIpc) is 3.21. The van der Waals surface area contributed by atoms with Crippen LogP contribution in [0.15, 0.2) is 24.3 Å². The molecule has 21 heavy (non-hydrogen) atoms. The van der Waals surface area contributed by atoms with Crippen molar-refractivity contribution in [3.8, 4) is 0 Å². The van der Waals surface area contributed by atoms with Gasteiger partial charge in [-0.05, 0) is 25.3 Å². The molecule has 1 amide bonds. The third-order valence-electron chi connectivity index (χ3n) is 4.15. The second-order valence-electron chi connectivity index (χ2n) is 5.89. The number of hydrogen-bond donors (Lipinski definition) is 0. The van der Waals surface area contributed by atoms with Gasteiger partial charge in [-0.15, -0.1) is 0 Å². The topological polar surface area (TPSA) is 54.5 Å². The molecular weight excluding hydrogens is 293 g/mol. The molecule has 1 aliphatic heterocycles. The van der Waals surface area contributed by atoms with E-state index >= 15 is 0 Å². The van der Waals surface area contributed by atoms with E-state index in [-0.39, 0.29) is 35.8 Å². The maximum atomic E-state index is 13.8. The van der Waals surface area contributed by atoms with E-state index in [1.54, 1.807) is 23.1 Å². The number of halogens is 1. The first-order chi connectivity index (χ1) is 9.96. The molecule has 2 aliphatic rings. The Morgan fingerprint density at radius 2 is 1.95 bits per heavy atom. The lowest BCUT2D eigenvalue weighted by Crippen LogP contribution is -2.38. The van der Waals surface area contributed by atoms with Crippen LogP contribution in [0.4, 0.5) is 4.39 Å². The standard InChI is InChI=1S/C15H18FNO3S/c16-14-4-2-1-3-11(14)9-17(13-5-6-13)15(18)12-7-8-21(19,20)10-12/h1-4,12-13H,5-10H2. The third-order valence-corrected chi connectivity index (χ3v) is 5.92. The van der Waals surface area contributed by atoms with Crippen molar-refractivity contribution in [3.63, 3.8) is 0 Å². The van der Waals surface area contributed by atoms with E-state index in [9.17, 15) is 17.6 Å². The number of nitrogens with zero attached hydrogens (tertiary/aromatic N) is 1. The van der Waals surface area contributed by atoms with Gasteiger partial charge < -0.3 is 4.90 Å². The molecule has 6 heteroatoms. The minimum atomic E-state index is -3.08. The van der Waals surface area contributed by atoms with Gasteiger partial charge in [0.2, 0.25) is 5.91 Å². The fraction of sp³-hybridized carbons (Fsp3) is 0.533. The number of amides is 1. The Labute approximate surface area is 123 Å². The molecule has 3 rings (SSSR count). The van der Waals surface area contributed by atoms with Gasteiger partial charge in [-0.2, -0.15) is 0 Å². The lowest BCUT2D eigenvalue weighted by Gasteiger charge is -2.25. The van der Waals surface area contributed by atoms with E-state index in [2.05, 4.69) is 0 Å². The minimum absolute atomic E-state index is 0.0632. The largest absolute Gasteiger partial charge is 0.335 e. The van der Waals surface area contributed by atoms with Crippen molar-refractivity contribution in [1.29, 1.82) is 0 Å². The fourth-order valence-electron chi connectivity index (χ4n) is 2.81. The Morgan fingerprint density at radius 3 is 2.52 bits per heavy atom. The van der Waals surface area contributed by atoms with Gasteiger partial charge in [0.1, 0.15) is 5.82 Å². The zero-order valence-corrected chi connectivity index (χ0v) is 12.5. The number of hydrogen-bond acceptors (Lipinski definition) is 3.